The number of carbonyl (C=O) groups is 3. The van der Waals surface area contributed by atoms with Gasteiger partial charge in [-0.25, -0.2) is 4.79 Å². The summed E-state index contributed by atoms with van der Waals surface area (Å²) in [6, 6.07) is 15.9. The van der Waals surface area contributed by atoms with Gasteiger partial charge in [0.1, 0.15) is 6.61 Å². The number of aliphatic carboxylic acids is 1. The Morgan fingerprint density at radius 1 is 1.00 bits per heavy atom. The summed E-state index contributed by atoms with van der Waals surface area (Å²) in [5.41, 5.74) is 4.65. The normalized spacial score (nSPS) is 14.0. The number of carbonyl (C=O) groups excluding carboxylic acids is 2. The molecule has 2 unspecified atom stereocenters. The van der Waals surface area contributed by atoms with Gasteiger partial charge in [0.05, 0.1) is 6.42 Å². The van der Waals surface area contributed by atoms with Crippen molar-refractivity contribution in [2.45, 2.75) is 45.6 Å². The monoisotopic (exact) mass is 452 g/mol. The summed E-state index contributed by atoms with van der Waals surface area (Å²) in [6.07, 6.45) is -0.379. The summed E-state index contributed by atoms with van der Waals surface area (Å²) in [4.78, 5) is 37.4. The van der Waals surface area contributed by atoms with Crippen molar-refractivity contribution in [1.82, 2.24) is 10.2 Å². The van der Waals surface area contributed by atoms with Gasteiger partial charge in [0.2, 0.25) is 5.91 Å². The number of fused-ring (bicyclic) bond motifs is 3. The SMILES string of the molecule is CCN(C(=O)CC(C)CNC(=O)OCC1c2ccccc2-c2ccccc21)C(C)CC(=O)O. The zero-order valence-corrected chi connectivity index (χ0v) is 19.4. The number of carboxylic acid groups (broad SMARTS) is 1. The fourth-order valence-corrected chi connectivity index (χ4v) is 4.49. The van der Waals surface area contributed by atoms with E-state index in [0.717, 1.165) is 11.1 Å². The second kappa shape index (κ2) is 11.0. The van der Waals surface area contributed by atoms with E-state index in [1.807, 2.05) is 38.1 Å². The van der Waals surface area contributed by atoms with E-state index in [1.54, 1.807) is 11.8 Å². The summed E-state index contributed by atoms with van der Waals surface area (Å²) in [7, 11) is 0. The molecule has 176 valence electrons. The van der Waals surface area contributed by atoms with Crippen molar-refractivity contribution in [1.29, 1.82) is 0 Å². The summed E-state index contributed by atoms with van der Waals surface area (Å²) < 4.78 is 5.53. The Hall–Kier alpha value is -3.35. The molecule has 0 heterocycles. The molecule has 7 heteroatoms. The highest BCUT2D eigenvalue weighted by atomic mass is 16.5. The van der Waals surface area contributed by atoms with Gasteiger partial charge in [0, 0.05) is 31.5 Å². The quantitative estimate of drug-likeness (QED) is 0.561. The first kappa shape index (κ1) is 24.3. The molecule has 0 radical (unpaired) electrons. The number of benzene rings is 2. The van der Waals surface area contributed by atoms with Crippen LogP contribution in [-0.2, 0) is 14.3 Å². The minimum atomic E-state index is -0.932. The maximum Gasteiger partial charge on any atom is 0.407 e. The van der Waals surface area contributed by atoms with E-state index in [4.69, 9.17) is 9.84 Å². The minimum Gasteiger partial charge on any atom is -0.481 e. The van der Waals surface area contributed by atoms with E-state index in [2.05, 4.69) is 29.6 Å². The average Bonchev–Trinajstić information content (AvgIpc) is 3.10. The highest BCUT2D eigenvalue weighted by Crippen LogP contribution is 2.44. The molecule has 0 fully saturated rings. The molecule has 2 atom stereocenters. The molecule has 0 saturated heterocycles. The van der Waals surface area contributed by atoms with Crippen LogP contribution in [0.4, 0.5) is 4.79 Å². The van der Waals surface area contributed by atoms with Crippen LogP contribution in [0.1, 0.15) is 50.7 Å². The van der Waals surface area contributed by atoms with Gasteiger partial charge in [0.25, 0.3) is 0 Å². The fraction of sp³-hybridized carbons (Fsp3) is 0.423. The first-order valence-electron chi connectivity index (χ1n) is 11.4. The van der Waals surface area contributed by atoms with Crippen LogP contribution in [0.2, 0.25) is 0 Å². The maximum absolute atomic E-state index is 12.6. The molecular weight excluding hydrogens is 420 g/mol. The first-order valence-corrected chi connectivity index (χ1v) is 11.4. The zero-order valence-electron chi connectivity index (χ0n) is 19.4. The number of nitrogens with one attached hydrogen (secondary N) is 1. The maximum atomic E-state index is 12.6. The van der Waals surface area contributed by atoms with Crippen LogP contribution in [0.5, 0.6) is 0 Å². The van der Waals surface area contributed by atoms with E-state index in [9.17, 15) is 14.4 Å². The van der Waals surface area contributed by atoms with Gasteiger partial charge >= 0.3 is 12.1 Å². The third-order valence-corrected chi connectivity index (χ3v) is 6.12. The zero-order chi connectivity index (χ0) is 24.0. The number of rotatable bonds is 10. The lowest BCUT2D eigenvalue weighted by Gasteiger charge is -2.28. The number of ether oxygens (including phenoxy) is 1. The van der Waals surface area contributed by atoms with Crippen molar-refractivity contribution in [3.8, 4) is 11.1 Å². The minimum absolute atomic E-state index is 0.00372. The molecule has 3 rings (SSSR count). The Morgan fingerprint density at radius 3 is 2.12 bits per heavy atom. The van der Waals surface area contributed by atoms with Crippen LogP contribution in [0, 0.1) is 5.92 Å². The van der Waals surface area contributed by atoms with Gasteiger partial charge in [-0.05, 0) is 42.0 Å². The largest absolute Gasteiger partial charge is 0.481 e. The average molecular weight is 453 g/mol. The number of alkyl carbamates (subject to hydrolysis) is 1. The number of carboxylic acids is 1. The first-order chi connectivity index (χ1) is 15.8. The Morgan fingerprint density at radius 2 is 1.58 bits per heavy atom. The molecule has 33 heavy (non-hydrogen) atoms. The lowest BCUT2D eigenvalue weighted by atomic mass is 9.98. The number of nitrogens with zero attached hydrogens (tertiary/aromatic N) is 1. The Kier molecular flexibility index (Phi) is 8.09. The second-order valence-corrected chi connectivity index (χ2v) is 8.64. The van der Waals surface area contributed by atoms with E-state index in [0.29, 0.717) is 13.1 Å². The second-order valence-electron chi connectivity index (χ2n) is 8.64. The van der Waals surface area contributed by atoms with Crippen molar-refractivity contribution < 1.29 is 24.2 Å². The number of hydrogen-bond acceptors (Lipinski definition) is 4. The molecule has 1 aliphatic rings. The summed E-state index contributed by atoms with van der Waals surface area (Å²) in [6.45, 7) is 6.42. The van der Waals surface area contributed by atoms with Gasteiger partial charge in [-0.2, -0.15) is 0 Å². The van der Waals surface area contributed by atoms with Gasteiger partial charge in [-0.3, -0.25) is 9.59 Å². The predicted molar refractivity (Wildman–Crippen MR) is 126 cm³/mol. The standard InChI is InChI=1S/C26H32N2O5/c1-4-28(18(3)14-25(30)31)24(29)13-17(2)15-27-26(32)33-16-23-21-11-7-5-9-19(21)20-10-6-8-12-22(20)23/h5-12,17-18,23H,4,13-16H2,1-3H3,(H,27,32)(H,30,31). The van der Waals surface area contributed by atoms with E-state index < -0.39 is 12.1 Å². The van der Waals surface area contributed by atoms with Crippen molar-refractivity contribution >= 4 is 18.0 Å². The number of amides is 2. The van der Waals surface area contributed by atoms with E-state index in [1.165, 1.54) is 11.1 Å². The van der Waals surface area contributed by atoms with Gasteiger partial charge in [-0.15, -0.1) is 0 Å². The third-order valence-electron chi connectivity index (χ3n) is 6.12. The molecule has 2 aromatic rings. The van der Waals surface area contributed by atoms with Gasteiger partial charge in [0.15, 0.2) is 0 Å². The molecule has 7 nitrogen and oxygen atoms in total. The molecule has 0 spiro atoms. The van der Waals surface area contributed by atoms with Gasteiger partial charge in [-0.1, -0.05) is 55.5 Å². The smallest absolute Gasteiger partial charge is 0.407 e. The molecule has 0 bridgehead atoms. The van der Waals surface area contributed by atoms with Crippen molar-refractivity contribution in [2.24, 2.45) is 5.92 Å². The van der Waals surface area contributed by atoms with Crippen LogP contribution in [0.25, 0.3) is 11.1 Å². The molecular formula is C26H32N2O5. The van der Waals surface area contributed by atoms with Crippen LogP contribution < -0.4 is 5.32 Å². The van der Waals surface area contributed by atoms with Crippen LogP contribution in [-0.4, -0.2) is 53.7 Å². The molecule has 0 aromatic heterocycles. The molecule has 1 aliphatic carbocycles. The van der Waals surface area contributed by atoms with Crippen LogP contribution in [0.3, 0.4) is 0 Å². The van der Waals surface area contributed by atoms with Crippen LogP contribution in [0.15, 0.2) is 48.5 Å². The fourth-order valence-electron chi connectivity index (χ4n) is 4.49. The predicted octanol–water partition coefficient (Wildman–Crippen LogP) is 4.26. The lowest BCUT2D eigenvalue weighted by Crippen LogP contribution is -2.41. The molecule has 0 saturated carbocycles. The summed E-state index contributed by atoms with van der Waals surface area (Å²) >= 11 is 0. The number of hydrogen-bond donors (Lipinski definition) is 2. The molecule has 2 amide bonds. The highest BCUT2D eigenvalue weighted by molar-refractivity contribution is 5.79. The summed E-state index contributed by atoms with van der Waals surface area (Å²) in [5.74, 6) is -1.16. The van der Waals surface area contributed by atoms with E-state index >= 15 is 0 Å². The molecule has 0 aliphatic heterocycles. The molecule has 2 aromatic carbocycles. The topological polar surface area (TPSA) is 95.9 Å². The van der Waals surface area contributed by atoms with Crippen molar-refractivity contribution in [3.63, 3.8) is 0 Å². The Labute approximate surface area is 194 Å². The third kappa shape index (κ3) is 5.92. The van der Waals surface area contributed by atoms with Crippen LogP contribution >= 0.6 is 0 Å². The van der Waals surface area contributed by atoms with Gasteiger partial charge < -0.3 is 20.1 Å². The van der Waals surface area contributed by atoms with Crippen molar-refractivity contribution in [3.05, 3.63) is 59.7 Å². The summed E-state index contributed by atoms with van der Waals surface area (Å²) in [5, 5.41) is 11.7. The lowest BCUT2D eigenvalue weighted by molar-refractivity contribution is -0.140. The molecule has 2 N–H and O–H groups in total. The van der Waals surface area contributed by atoms with Crippen molar-refractivity contribution in [2.75, 3.05) is 19.7 Å². The highest BCUT2D eigenvalue weighted by Gasteiger charge is 2.29. The van der Waals surface area contributed by atoms with E-state index in [-0.39, 0.29) is 43.2 Å². The Bertz CT molecular complexity index is 960. The Balaban J connectivity index is 1.49.